The Kier molecular flexibility index (Phi) is 5.43. The first-order valence-corrected chi connectivity index (χ1v) is 8.49. The van der Waals surface area contributed by atoms with Crippen LogP contribution in [0.1, 0.15) is 36.1 Å². The van der Waals surface area contributed by atoms with Gasteiger partial charge in [-0.3, -0.25) is 20.2 Å². The molecule has 1 N–H and O–H groups in total. The highest BCUT2D eigenvalue weighted by molar-refractivity contribution is 5.51. The molecule has 0 radical (unpaired) electrons. The van der Waals surface area contributed by atoms with Crippen molar-refractivity contribution in [3.8, 4) is 11.5 Å². The minimum absolute atomic E-state index is 0.138. The van der Waals surface area contributed by atoms with Crippen LogP contribution in [0.4, 0.5) is 11.4 Å². The van der Waals surface area contributed by atoms with Crippen molar-refractivity contribution in [3.05, 3.63) is 67.8 Å². The molecule has 28 heavy (non-hydrogen) atoms. The predicted octanol–water partition coefficient (Wildman–Crippen LogP) is 3.79. The number of hydrogen-bond acceptors (Lipinski definition) is 8. The van der Waals surface area contributed by atoms with Gasteiger partial charge in [0.25, 0.3) is 0 Å². The number of hydrogen-bond donors (Lipinski definition) is 1. The fraction of sp³-hybridized carbons (Fsp3) is 0.333. The quantitative estimate of drug-likeness (QED) is 0.584. The van der Waals surface area contributed by atoms with E-state index in [9.17, 15) is 25.4 Å². The van der Waals surface area contributed by atoms with Crippen LogP contribution >= 0.6 is 0 Å². The molecule has 10 heteroatoms. The molecular weight excluding hydrogens is 370 g/mol. The van der Waals surface area contributed by atoms with Crippen LogP contribution in [0.15, 0.2) is 36.4 Å². The van der Waals surface area contributed by atoms with Gasteiger partial charge in [0.15, 0.2) is 11.5 Å². The van der Waals surface area contributed by atoms with E-state index in [2.05, 4.69) is 0 Å². The maximum absolute atomic E-state index is 11.3. The van der Waals surface area contributed by atoms with Crippen LogP contribution in [0.3, 0.4) is 0 Å². The van der Waals surface area contributed by atoms with Gasteiger partial charge in [0.2, 0.25) is 0 Å². The first-order valence-electron chi connectivity index (χ1n) is 8.49. The van der Waals surface area contributed by atoms with Crippen LogP contribution in [-0.2, 0) is 0 Å². The average Bonchev–Trinajstić information content (AvgIpc) is 3.08. The molecule has 0 spiro atoms. The van der Waals surface area contributed by atoms with Gasteiger partial charge in [-0.1, -0.05) is 12.1 Å². The molecule has 2 atom stereocenters. The Morgan fingerprint density at radius 3 is 1.61 bits per heavy atom. The SMILES string of the molecule is COc1ccc(C2CCC(c3ccc(OC)c([N+](=O)[O-])c3)N2O)cc1[N+](=O)[O-]. The molecule has 0 bridgehead atoms. The summed E-state index contributed by atoms with van der Waals surface area (Å²) in [6.45, 7) is 0. The molecule has 2 unspecified atom stereocenters. The van der Waals surface area contributed by atoms with Gasteiger partial charge >= 0.3 is 11.4 Å². The number of ether oxygens (including phenoxy) is 2. The minimum Gasteiger partial charge on any atom is -0.490 e. The number of rotatable bonds is 6. The van der Waals surface area contributed by atoms with Gasteiger partial charge in [0.05, 0.1) is 36.1 Å². The van der Waals surface area contributed by atoms with Crippen LogP contribution in [0, 0.1) is 20.2 Å². The Hall–Kier alpha value is -3.24. The van der Waals surface area contributed by atoms with Crippen molar-refractivity contribution in [2.75, 3.05) is 14.2 Å². The molecule has 1 heterocycles. The zero-order valence-electron chi connectivity index (χ0n) is 15.3. The van der Waals surface area contributed by atoms with Gasteiger partial charge < -0.3 is 14.7 Å². The third-order valence-electron chi connectivity index (χ3n) is 4.92. The van der Waals surface area contributed by atoms with Crippen molar-refractivity contribution in [1.29, 1.82) is 0 Å². The predicted molar refractivity (Wildman–Crippen MR) is 97.6 cm³/mol. The summed E-state index contributed by atoms with van der Waals surface area (Å²) in [5.74, 6) is 0.275. The summed E-state index contributed by atoms with van der Waals surface area (Å²) in [4.78, 5) is 21.4. The van der Waals surface area contributed by atoms with Crippen molar-refractivity contribution >= 4 is 11.4 Å². The van der Waals surface area contributed by atoms with E-state index in [4.69, 9.17) is 9.47 Å². The Labute approximate surface area is 160 Å². The first-order chi connectivity index (χ1) is 13.4. The van der Waals surface area contributed by atoms with Crippen LogP contribution in [-0.4, -0.2) is 34.3 Å². The average molecular weight is 389 g/mol. The monoisotopic (exact) mass is 389 g/mol. The Morgan fingerprint density at radius 2 is 1.29 bits per heavy atom. The molecule has 0 saturated carbocycles. The lowest BCUT2D eigenvalue weighted by Crippen LogP contribution is -2.22. The maximum Gasteiger partial charge on any atom is 0.311 e. The Bertz CT molecular complexity index is 845. The van der Waals surface area contributed by atoms with Crippen molar-refractivity contribution in [2.24, 2.45) is 0 Å². The standard InChI is InChI=1S/C18H19N3O7/c1-27-17-7-3-11(9-15(17)20(23)24)13-5-6-14(19(13)22)12-4-8-18(28-2)16(10-12)21(25)26/h3-4,7-10,13-14,22H,5-6H2,1-2H3. The highest BCUT2D eigenvalue weighted by Gasteiger charge is 2.36. The van der Waals surface area contributed by atoms with E-state index in [0.29, 0.717) is 24.0 Å². The van der Waals surface area contributed by atoms with E-state index in [1.54, 1.807) is 12.1 Å². The van der Waals surface area contributed by atoms with E-state index >= 15 is 0 Å². The molecule has 1 saturated heterocycles. The van der Waals surface area contributed by atoms with E-state index in [1.165, 1.54) is 38.5 Å². The first kappa shape index (κ1) is 19.5. The summed E-state index contributed by atoms with van der Waals surface area (Å²) in [5.41, 5.74) is 0.773. The minimum atomic E-state index is -0.538. The zero-order chi connectivity index (χ0) is 20.4. The van der Waals surface area contributed by atoms with E-state index < -0.39 is 21.9 Å². The van der Waals surface area contributed by atoms with Gasteiger partial charge in [-0.15, -0.1) is 0 Å². The van der Waals surface area contributed by atoms with Crippen molar-refractivity contribution in [1.82, 2.24) is 5.06 Å². The number of nitro benzene ring substituents is 2. The van der Waals surface area contributed by atoms with Crippen LogP contribution in [0.5, 0.6) is 11.5 Å². The third kappa shape index (κ3) is 3.47. The van der Waals surface area contributed by atoms with Gasteiger partial charge in [-0.25, -0.2) is 0 Å². The lowest BCUT2D eigenvalue weighted by molar-refractivity contribution is -0.385. The molecule has 1 aliphatic heterocycles. The second kappa shape index (κ2) is 7.79. The zero-order valence-corrected chi connectivity index (χ0v) is 15.3. The molecule has 148 valence electrons. The fourth-order valence-electron chi connectivity index (χ4n) is 3.55. The normalized spacial score (nSPS) is 19.4. The van der Waals surface area contributed by atoms with E-state index in [0.717, 1.165) is 5.06 Å². The lowest BCUT2D eigenvalue weighted by atomic mass is 10.0. The highest BCUT2D eigenvalue weighted by Crippen LogP contribution is 2.45. The van der Waals surface area contributed by atoms with Crippen molar-refractivity contribution in [3.63, 3.8) is 0 Å². The summed E-state index contributed by atoms with van der Waals surface area (Å²) < 4.78 is 10.0. The van der Waals surface area contributed by atoms with E-state index in [-0.39, 0.29) is 22.9 Å². The van der Waals surface area contributed by atoms with Gasteiger partial charge in [0.1, 0.15) is 0 Å². The number of nitro groups is 2. The number of nitrogens with zero attached hydrogens (tertiary/aromatic N) is 3. The second-order valence-electron chi connectivity index (χ2n) is 6.37. The fourth-order valence-corrected chi connectivity index (χ4v) is 3.55. The third-order valence-corrected chi connectivity index (χ3v) is 4.92. The lowest BCUT2D eigenvalue weighted by Gasteiger charge is -2.24. The Morgan fingerprint density at radius 1 is 0.893 bits per heavy atom. The number of benzene rings is 2. The summed E-state index contributed by atoms with van der Waals surface area (Å²) >= 11 is 0. The van der Waals surface area contributed by atoms with Crippen LogP contribution < -0.4 is 9.47 Å². The molecule has 1 aliphatic rings. The van der Waals surface area contributed by atoms with Crippen LogP contribution in [0.2, 0.25) is 0 Å². The largest absolute Gasteiger partial charge is 0.490 e. The van der Waals surface area contributed by atoms with E-state index in [1.807, 2.05) is 0 Å². The Balaban J connectivity index is 1.91. The highest BCUT2D eigenvalue weighted by atomic mass is 16.6. The summed E-state index contributed by atoms with van der Waals surface area (Å²) in [6, 6.07) is 8.13. The topological polar surface area (TPSA) is 128 Å². The molecule has 0 aromatic heterocycles. The molecule has 0 aliphatic carbocycles. The molecular formula is C18H19N3O7. The molecule has 1 fully saturated rings. The van der Waals surface area contributed by atoms with Crippen LogP contribution in [0.25, 0.3) is 0 Å². The van der Waals surface area contributed by atoms with Gasteiger partial charge in [0, 0.05) is 12.1 Å². The molecule has 2 aromatic carbocycles. The number of hydroxylamine groups is 2. The molecule has 0 amide bonds. The molecule has 10 nitrogen and oxygen atoms in total. The smallest absolute Gasteiger partial charge is 0.311 e. The van der Waals surface area contributed by atoms with Gasteiger partial charge in [-0.05, 0) is 36.1 Å². The van der Waals surface area contributed by atoms with Gasteiger partial charge in [-0.2, -0.15) is 5.06 Å². The van der Waals surface area contributed by atoms with Crippen molar-refractivity contribution < 1.29 is 24.5 Å². The summed E-state index contributed by atoms with van der Waals surface area (Å²) in [6.07, 6.45) is 1.06. The number of methoxy groups -OCH3 is 2. The second-order valence-corrected chi connectivity index (χ2v) is 6.37. The molecule has 2 aromatic rings. The molecule has 3 rings (SSSR count). The maximum atomic E-state index is 11.3. The van der Waals surface area contributed by atoms with Crippen molar-refractivity contribution in [2.45, 2.75) is 24.9 Å². The summed E-state index contributed by atoms with van der Waals surface area (Å²) in [7, 11) is 2.70. The summed E-state index contributed by atoms with van der Waals surface area (Å²) in [5, 5.41) is 34.3.